The van der Waals surface area contributed by atoms with Crippen LogP contribution in [0.25, 0.3) is 10.8 Å². The maximum Gasteiger partial charge on any atom is 0.312 e. The lowest BCUT2D eigenvalue weighted by Crippen LogP contribution is -2.35. The van der Waals surface area contributed by atoms with E-state index in [-0.39, 0.29) is 25.3 Å². The molecular formula is C21H19N3O6. The Bertz CT molecular complexity index is 1170. The Morgan fingerprint density at radius 3 is 2.77 bits per heavy atom. The van der Waals surface area contributed by atoms with Crippen LogP contribution in [-0.4, -0.2) is 35.0 Å². The van der Waals surface area contributed by atoms with Gasteiger partial charge in [0.25, 0.3) is 11.5 Å². The first kappa shape index (κ1) is 19.4. The summed E-state index contributed by atoms with van der Waals surface area (Å²) in [6.45, 7) is 1.92. The van der Waals surface area contributed by atoms with E-state index in [1.165, 1.54) is 6.92 Å². The molecule has 0 unspecified atom stereocenters. The minimum Gasteiger partial charge on any atom is -0.454 e. The van der Waals surface area contributed by atoms with Gasteiger partial charge in [0.1, 0.15) is 0 Å². The highest BCUT2D eigenvalue weighted by Gasteiger charge is 2.20. The van der Waals surface area contributed by atoms with Crippen LogP contribution in [0.4, 0.5) is 0 Å². The second-order valence-corrected chi connectivity index (χ2v) is 6.76. The van der Waals surface area contributed by atoms with Crippen molar-refractivity contribution in [1.82, 2.24) is 15.5 Å². The van der Waals surface area contributed by atoms with Gasteiger partial charge in [-0.15, -0.1) is 0 Å². The monoisotopic (exact) mass is 409 g/mol. The van der Waals surface area contributed by atoms with Crippen LogP contribution >= 0.6 is 0 Å². The number of H-pyrrole nitrogens is 1. The highest BCUT2D eigenvalue weighted by molar-refractivity contribution is 5.88. The first-order valence-electron chi connectivity index (χ1n) is 9.33. The van der Waals surface area contributed by atoms with Crippen molar-refractivity contribution >= 4 is 22.6 Å². The number of rotatable bonds is 6. The number of fused-ring (bicyclic) bond motifs is 2. The van der Waals surface area contributed by atoms with Crippen molar-refractivity contribution in [2.45, 2.75) is 26.0 Å². The first-order chi connectivity index (χ1) is 14.5. The van der Waals surface area contributed by atoms with Gasteiger partial charge in [-0.25, -0.2) is 5.10 Å². The standard InChI is InChI=1S/C21H19N3O6/c1-12(20(26)22-10-13-6-7-17-18(8-13)29-11-28-17)30-19(25)9-16-14-4-2-3-5-15(14)21(27)24-23-16/h2-8,12H,9-11H2,1H3,(H,22,26)(H,24,27)/t12-/m1/s1. The number of benzene rings is 2. The van der Waals surface area contributed by atoms with Gasteiger partial charge in [-0.1, -0.05) is 24.3 Å². The van der Waals surface area contributed by atoms with Crippen molar-refractivity contribution < 1.29 is 23.8 Å². The van der Waals surface area contributed by atoms with E-state index in [1.807, 2.05) is 6.07 Å². The number of nitrogens with one attached hydrogen (secondary N) is 2. The van der Waals surface area contributed by atoms with Crippen LogP contribution in [0.3, 0.4) is 0 Å². The summed E-state index contributed by atoms with van der Waals surface area (Å²) in [7, 11) is 0. The summed E-state index contributed by atoms with van der Waals surface area (Å²) in [5, 5.41) is 10.0. The Morgan fingerprint density at radius 2 is 1.93 bits per heavy atom. The first-order valence-corrected chi connectivity index (χ1v) is 9.33. The van der Waals surface area contributed by atoms with Crippen molar-refractivity contribution in [3.63, 3.8) is 0 Å². The van der Waals surface area contributed by atoms with Gasteiger partial charge in [0.2, 0.25) is 6.79 Å². The predicted molar refractivity (Wildman–Crippen MR) is 106 cm³/mol. The lowest BCUT2D eigenvalue weighted by atomic mass is 10.1. The van der Waals surface area contributed by atoms with Gasteiger partial charge in [0, 0.05) is 11.9 Å². The normalized spacial score (nSPS) is 13.1. The Labute approximate surface area is 171 Å². The summed E-state index contributed by atoms with van der Waals surface area (Å²) in [5.41, 5.74) is 0.872. The average Bonchev–Trinajstić information content (AvgIpc) is 3.22. The van der Waals surface area contributed by atoms with Crippen molar-refractivity contribution in [3.8, 4) is 11.5 Å². The van der Waals surface area contributed by atoms with Crippen molar-refractivity contribution in [1.29, 1.82) is 0 Å². The number of hydrogen-bond acceptors (Lipinski definition) is 7. The highest BCUT2D eigenvalue weighted by Crippen LogP contribution is 2.32. The molecule has 30 heavy (non-hydrogen) atoms. The molecule has 0 saturated heterocycles. The molecule has 1 aromatic heterocycles. The summed E-state index contributed by atoms with van der Waals surface area (Å²) in [6.07, 6.45) is -1.16. The van der Waals surface area contributed by atoms with Gasteiger partial charge in [0.15, 0.2) is 17.6 Å². The number of carbonyl (C=O) groups excluding carboxylic acids is 2. The quantitative estimate of drug-likeness (QED) is 0.591. The summed E-state index contributed by atoms with van der Waals surface area (Å²) < 4.78 is 15.8. The Kier molecular flexibility index (Phi) is 5.34. The zero-order valence-corrected chi connectivity index (χ0v) is 16.1. The Balaban J connectivity index is 1.34. The fourth-order valence-corrected chi connectivity index (χ4v) is 3.12. The number of hydrogen-bond donors (Lipinski definition) is 2. The lowest BCUT2D eigenvalue weighted by Gasteiger charge is -2.14. The lowest BCUT2D eigenvalue weighted by molar-refractivity contribution is -0.154. The molecule has 2 aromatic carbocycles. The van der Waals surface area contributed by atoms with E-state index in [0.29, 0.717) is 28.0 Å². The average molecular weight is 409 g/mol. The van der Waals surface area contributed by atoms with E-state index in [2.05, 4.69) is 15.5 Å². The van der Waals surface area contributed by atoms with Crippen LogP contribution in [0, 0.1) is 0 Å². The van der Waals surface area contributed by atoms with Crippen LogP contribution in [0.1, 0.15) is 18.2 Å². The molecule has 0 spiro atoms. The van der Waals surface area contributed by atoms with Crippen molar-refractivity contribution in [3.05, 3.63) is 64.1 Å². The third kappa shape index (κ3) is 4.09. The Morgan fingerprint density at radius 1 is 1.17 bits per heavy atom. The van der Waals surface area contributed by atoms with E-state index in [9.17, 15) is 14.4 Å². The molecule has 1 aliphatic rings. The summed E-state index contributed by atoms with van der Waals surface area (Å²) in [6, 6.07) is 12.2. The third-order valence-corrected chi connectivity index (χ3v) is 4.67. The molecule has 0 saturated carbocycles. The van der Waals surface area contributed by atoms with E-state index >= 15 is 0 Å². The molecule has 154 valence electrons. The predicted octanol–water partition coefficient (Wildman–Crippen LogP) is 1.44. The van der Waals surface area contributed by atoms with Crippen LogP contribution in [0.15, 0.2) is 47.3 Å². The van der Waals surface area contributed by atoms with E-state index < -0.39 is 18.0 Å². The van der Waals surface area contributed by atoms with Crippen LogP contribution < -0.4 is 20.3 Å². The molecule has 3 aromatic rings. The van der Waals surface area contributed by atoms with E-state index in [0.717, 1.165) is 5.56 Å². The van der Waals surface area contributed by atoms with Gasteiger partial charge < -0.3 is 19.5 Å². The topological polar surface area (TPSA) is 120 Å². The van der Waals surface area contributed by atoms with Crippen molar-refractivity contribution in [2.75, 3.05) is 6.79 Å². The minimum atomic E-state index is -0.986. The molecule has 0 bridgehead atoms. The summed E-state index contributed by atoms with van der Waals surface area (Å²) >= 11 is 0. The molecule has 0 fully saturated rings. The molecule has 1 atom stereocenters. The smallest absolute Gasteiger partial charge is 0.312 e. The number of nitrogens with zero attached hydrogens (tertiary/aromatic N) is 1. The molecule has 9 heteroatoms. The van der Waals surface area contributed by atoms with Gasteiger partial charge in [0.05, 0.1) is 17.5 Å². The molecule has 9 nitrogen and oxygen atoms in total. The largest absolute Gasteiger partial charge is 0.454 e. The SMILES string of the molecule is C[C@@H](OC(=O)Cc1n[nH]c(=O)c2ccccc12)C(=O)NCc1ccc2c(c1)OCO2. The van der Waals surface area contributed by atoms with Crippen LogP contribution in [0.2, 0.25) is 0 Å². The molecule has 2 heterocycles. The maximum absolute atomic E-state index is 12.3. The fourth-order valence-electron chi connectivity index (χ4n) is 3.12. The number of aromatic nitrogens is 2. The van der Waals surface area contributed by atoms with Crippen LogP contribution in [0.5, 0.6) is 11.5 Å². The molecule has 0 aliphatic carbocycles. The number of esters is 1. The van der Waals surface area contributed by atoms with Gasteiger partial charge in [-0.3, -0.25) is 14.4 Å². The number of carbonyl (C=O) groups is 2. The summed E-state index contributed by atoms with van der Waals surface area (Å²) in [4.78, 5) is 36.4. The zero-order chi connectivity index (χ0) is 21.1. The zero-order valence-electron chi connectivity index (χ0n) is 16.1. The molecular weight excluding hydrogens is 390 g/mol. The number of aromatic amines is 1. The fraction of sp³-hybridized carbons (Fsp3) is 0.238. The second-order valence-electron chi connectivity index (χ2n) is 6.76. The van der Waals surface area contributed by atoms with E-state index in [1.54, 1.807) is 36.4 Å². The molecule has 2 N–H and O–H groups in total. The molecule has 4 rings (SSSR count). The number of ether oxygens (including phenoxy) is 3. The molecule has 0 radical (unpaired) electrons. The number of amides is 1. The minimum absolute atomic E-state index is 0.170. The maximum atomic E-state index is 12.3. The highest BCUT2D eigenvalue weighted by atomic mass is 16.7. The van der Waals surface area contributed by atoms with Gasteiger partial charge in [-0.05, 0) is 30.7 Å². The van der Waals surface area contributed by atoms with Crippen molar-refractivity contribution in [2.24, 2.45) is 0 Å². The second kappa shape index (κ2) is 8.24. The summed E-state index contributed by atoms with van der Waals surface area (Å²) in [5.74, 6) is 0.239. The Hall–Kier alpha value is -3.88. The third-order valence-electron chi connectivity index (χ3n) is 4.67. The van der Waals surface area contributed by atoms with Crippen LogP contribution in [-0.2, 0) is 27.3 Å². The van der Waals surface area contributed by atoms with E-state index in [4.69, 9.17) is 14.2 Å². The molecule has 1 amide bonds. The molecule has 1 aliphatic heterocycles. The van der Waals surface area contributed by atoms with Gasteiger partial charge >= 0.3 is 5.97 Å². The van der Waals surface area contributed by atoms with Gasteiger partial charge in [-0.2, -0.15) is 5.10 Å².